The van der Waals surface area contributed by atoms with Crippen molar-refractivity contribution in [2.75, 3.05) is 11.9 Å². The molecule has 0 atom stereocenters. The summed E-state index contributed by atoms with van der Waals surface area (Å²) in [6.45, 7) is 1.82. The Balaban J connectivity index is 1.93. The summed E-state index contributed by atoms with van der Waals surface area (Å²) >= 11 is 0. The maximum absolute atomic E-state index is 12.3. The van der Waals surface area contributed by atoms with Gasteiger partial charge in [-0.05, 0) is 44.2 Å². The van der Waals surface area contributed by atoms with Crippen molar-refractivity contribution < 1.29 is 14.4 Å². The standard InChI is InChI=1S/C18H22N2O3/c1-13(21)20-16-10-6-5-9-15(16)17(22)18(23)19-12-11-14-7-3-2-4-8-14/h5-7,9-10H,2-4,8,11-12H2,1H3,(H,19,23)(H,20,21). The zero-order chi connectivity index (χ0) is 16.7. The molecule has 0 bridgehead atoms. The summed E-state index contributed by atoms with van der Waals surface area (Å²) in [5.41, 5.74) is 1.91. The molecule has 0 fully saturated rings. The van der Waals surface area contributed by atoms with Crippen LogP contribution in [0.15, 0.2) is 35.9 Å². The smallest absolute Gasteiger partial charge is 0.292 e. The lowest BCUT2D eigenvalue weighted by atomic mass is 9.97. The average molecular weight is 314 g/mol. The zero-order valence-corrected chi connectivity index (χ0v) is 13.4. The van der Waals surface area contributed by atoms with E-state index in [9.17, 15) is 14.4 Å². The van der Waals surface area contributed by atoms with Gasteiger partial charge in [0.15, 0.2) is 0 Å². The highest BCUT2D eigenvalue weighted by molar-refractivity contribution is 6.44. The van der Waals surface area contributed by atoms with Gasteiger partial charge in [-0.2, -0.15) is 0 Å². The minimum atomic E-state index is -0.640. The number of hydrogen-bond donors (Lipinski definition) is 2. The normalized spacial score (nSPS) is 13.9. The molecule has 2 N–H and O–H groups in total. The molecule has 0 heterocycles. The van der Waals surface area contributed by atoms with Crippen molar-refractivity contribution in [2.24, 2.45) is 0 Å². The molecule has 0 saturated carbocycles. The molecular weight excluding hydrogens is 292 g/mol. The van der Waals surface area contributed by atoms with Crippen molar-refractivity contribution in [3.63, 3.8) is 0 Å². The van der Waals surface area contributed by atoms with Gasteiger partial charge in [0.25, 0.3) is 11.7 Å². The quantitative estimate of drug-likeness (QED) is 0.481. The van der Waals surface area contributed by atoms with E-state index in [0.717, 1.165) is 19.3 Å². The number of ketones is 1. The summed E-state index contributed by atoms with van der Waals surface area (Å²) in [6.07, 6.45) is 7.62. The molecule has 1 aromatic rings. The van der Waals surface area contributed by atoms with Gasteiger partial charge in [0.1, 0.15) is 0 Å². The fraction of sp³-hybridized carbons (Fsp3) is 0.389. The maximum atomic E-state index is 12.3. The number of hydrogen-bond acceptors (Lipinski definition) is 3. The highest BCUT2D eigenvalue weighted by atomic mass is 16.2. The molecule has 2 amide bonds. The van der Waals surface area contributed by atoms with Crippen LogP contribution in [-0.2, 0) is 9.59 Å². The van der Waals surface area contributed by atoms with Crippen LogP contribution in [0.1, 0.15) is 49.4 Å². The largest absolute Gasteiger partial charge is 0.349 e. The fourth-order valence-electron chi connectivity index (χ4n) is 2.65. The van der Waals surface area contributed by atoms with Crippen LogP contribution in [0.5, 0.6) is 0 Å². The lowest BCUT2D eigenvalue weighted by molar-refractivity contribution is -0.117. The van der Waals surface area contributed by atoms with Crippen molar-refractivity contribution in [1.82, 2.24) is 5.32 Å². The van der Waals surface area contributed by atoms with Crippen molar-refractivity contribution >= 4 is 23.3 Å². The number of para-hydroxylation sites is 1. The van der Waals surface area contributed by atoms with E-state index in [1.54, 1.807) is 18.2 Å². The number of rotatable bonds is 6. The van der Waals surface area contributed by atoms with Gasteiger partial charge in [0.2, 0.25) is 5.91 Å². The Morgan fingerprint density at radius 2 is 1.91 bits per heavy atom. The number of benzene rings is 1. The van der Waals surface area contributed by atoms with Crippen LogP contribution in [0.2, 0.25) is 0 Å². The van der Waals surface area contributed by atoms with E-state index in [-0.39, 0.29) is 11.5 Å². The topological polar surface area (TPSA) is 75.3 Å². The van der Waals surface area contributed by atoms with Crippen molar-refractivity contribution in [3.05, 3.63) is 41.5 Å². The first kappa shape index (κ1) is 16.9. The average Bonchev–Trinajstić information content (AvgIpc) is 2.55. The Morgan fingerprint density at radius 3 is 2.61 bits per heavy atom. The predicted molar refractivity (Wildman–Crippen MR) is 89.3 cm³/mol. The van der Waals surface area contributed by atoms with Gasteiger partial charge in [-0.3, -0.25) is 14.4 Å². The highest BCUT2D eigenvalue weighted by Gasteiger charge is 2.19. The Morgan fingerprint density at radius 1 is 1.13 bits per heavy atom. The van der Waals surface area contributed by atoms with Crippen LogP contribution in [0.4, 0.5) is 5.69 Å². The van der Waals surface area contributed by atoms with Crippen molar-refractivity contribution in [1.29, 1.82) is 0 Å². The van der Waals surface area contributed by atoms with E-state index in [4.69, 9.17) is 0 Å². The fourth-order valence-corrected chi connectivity index (χ4v) is 2.65. The maximum Gasteiger partial charge on any atom is 0.292 e. The van der Waals surface area contributed by atoms with E-state index >= 15 is 0 Å². The Hall–Kier alpha value is -2.43. The number of carbonyl (C=O) groups excluding carboxylic acids is 3. The van der Waals surface area contributed by atoms with Crippen LogP contribution in [0.25, 0.3) is 0 Å². The highest BCUT2D eigenvalue weighted by Crippen LogP contribution is 2.19. The van der Waals surface area contributed by atoms with Crippen LogP contribution in [0.3, 0.4) is 0 Å². The molecule has 5 nitrogen and oxygen atoms in total. The zero-order valence-electron chi connectivity index (χ0n) is 13.4. The SMILES string of the molecule is CC(=O)Nc1ccccc1C(=O)C(=O)NCCC1=CCCCC1. The van der Waals surface area contributed by atoms with E-state index < -0.39 is 11.7 Å². The summed E-state index contributed by atoms with van der Waals surface area (Å²) in [4.78, 5) is 35.5. The third kappa shape index (κ3) is 5.06. The van der Waals surface area contributed by atoms with Gasteiger partial charge in [-0.25, -0.2) is 0 Å². The second-order valence-electron chi connectivity index (χ2n) is 5.67. The molecule has 0 radical (unpaired) electrons. The molecule has 122 valence electrons. The van der Waals surface area contributed by atoms with Gasteiger partial charge in [0.05, 0.1) is 11.3 Å². The van der Waals surface area contributed by atoms with E-state index in [2.05, 4.69) is 16.7 Å². The minimum absolute atomic E-state index is 0.206. The number of carbonyl (C=O) groups is 3. The Labute approximate surface area is 136 Å². The van der Waals surface area contributed by atoms with Crippen molar-refractivity contribution in [3.8, 4) is 0 Å². The molecule has 23 heavy (non-hydrogen) atoms. The minimum Gasteiger partial charge on any atom is -0.349 e. The van der Waals surface area contributed by atoms with E-state index in [1.807, 2.05) is 0 Å². The molecule has 1 aliphatic carbocycles. The molecule has 0 spiro atoms. The molecule has 0 aliphatic heterocycles. The first-order valence-electron chi connectivity index (χ1n) is 7.95. The summed E-state index contributed by atoms with van der Waals surface area (Å²) in [5.74, 6) is -1.55. The summed E-state index contributed by atoms with van der Waals surface area (Å²) in [7, 11) is 0. The van der Waals surface area contributed by atoms with Crippen LogP contribution in [-0.4, -0.2) is 24.1 Å². The number of allylic oxidation sites excluding steroid dienone is 1. The van der Waals surface area contributed by atoms with Gasteiger partial charge in [0, 0.05) is 13.5 Å². The summed E-state index contributed by atoms with van der Waals surface area (Å²) in [6, 6.07) is 6.51. The molecule has 2 rings (SSSR count). The van der Waals surface area contributed by atoms with Gasteiger partial charge in [-0.1, -0.05) is 23.8 Å². The number of nitrogens with one attached hydrogen (secondary N) is 2. The molecular formula is C18H22N2O3. The molecule has 1 aliphatic rings. The predicted octanol–water partition coefficient (Wildman–Crippen LogP) is 2.83. The lowest BCUT2D eigenvalue weighted by Crippen LogP contribution is -2.32. The molecule has 0 saturated heterocycles. The Kier molecular flexibility index (Phi) is 6.09. The second-order valence-corrected chi connectivity index (χ2v) is 5.67. The summed E-state index contributed by atoms with van der Waals surface area (Å²) < 4.78 is 0. The first-order chi connectivity index (χ1) is 11.1. The molecule has 0 unspecified atom stereocenters. The van der Waals surface area contributed by atoms with Gasteiger partial charge in [-0.15, -0.1) is 0 Å². The van der Waals surface area contributed by atoms with Crippen LogP contribution in [0, 0.1) is 0 Å². The molecule has 1 aromatic carbocycles. The van der Waals surface area contributed by atoms with Crippen LogP contribution >= 0.6 is 0 Å². The Bertz CT molecular complexity index is 635. The second kappa shape index (κ2) is 8.27. The van der Waals surface area contributed by atoms with E-state index in [0.29, 0.717) is 12.2 Å². The van der Waals surface area contributed by atoms with Gasteiger partial charge >= 0.3 is 0 Å². The molecule has 0 aromatic heterocycles. The number of amides is 2. The summed E-state index contributed by atoms with van der Waals surface area (Å²) in [5, 5.41) is 5.23. The monoisotopic (exact) mass is 314 g/mol. The molecule has 5 heteroatoms. The lowest BCUT2D eigenvalue weighted by Gasteiger charge is -2.13. The van der Waals surface area contributed by atoms with Crippen LogP contribution < -0.4 is 10.6 Å². The third-order valence-electron chi connectivity index (χ3n) is 3.81. The van der Waals surface area contributed by atoms with Gasteiger partial charge < -0.3 is 10.6 Å². The first-order valence-corrected chi connectivity index (χ1v) is 7.95. The number of Topliss-reactive ketones (excluding diaryl/α,β-unsaturated/α-hetero) is 1. The third-order valence-corrected chi connectivity index (χ3v) is 3.81. The number of anilines is 1. The van der Waals surface area contributed by atoms with Crippen molar-refractivity contribution in [2.45, 2.75) is 39.0 Å². The van der Waals surface area contributed by atoms with E-state index in [1.165, 1.54) is 31.4 Å².